The quantitative estimate of drug-likeness (QED) is 0.920. The highest BCUT2D eigenvalue weighted by Gasteiger charge is 2.25. The molecule has 1 fully saturated rings. The van der Waals surface area contributed by atoms with Crippen molar-refractivity contribution in [1.82, 2.24) is 14.9 Å². The van der Waals surface area contributed by atoms with Crippen LogP contribution in [0.1, 0.15) is 12.2 Å². The molecule has 1 amide bonds. The average Bonchev–Trinajstić information content (AvgIpc) is 3.09. The summed E-state index contributed by atoms with van der Waals surface area (Å²) in [5.41, 5.74) is 0.957. The minimum Gasteiger partial charge on any atom is -0.368 e. The lowest BCUT2D eigenvalue weighted by molar-refractivity contribution is -0.122. The zero-order valence-corrected chi connectivity index (χ0v) is 14.3. The average molecular weight is 353 g/mol. The van der Waals surface area contributed by atoms with E-state index in [9.17, 15) is 4.79 Å². The van der Waals surface area contributed by atoms with Crippen molar-refractivity contribution in [2.45, 2.75) is 25.9 Å². The molecule has 7 heteroatoms. The van der Waals surface area contributed by atoms with Gasteiger partial charge in [-0.15, -0.1) is 0 Å². The number of anilines is 1. The summed E-state index contributed by atoms with van der Waals surface area (Å²) in [5.74, 6) is 0.835. The predicted molar refractivity (Wildman–Crippen MR) is 92.2 cm³/mol. The minimum absolute atomic E-state index is 0.000142. The summed E-state index contributed by atoms with van der Waals surface area (Å²) >= 11 is 12.2. The summed E-state index contributed by atoms with van der Waals surface area (Å²) in [4.78, 5) is 18.4. The molecule has 3 rings (SSSR count). The molecule has 1 aliphatic rings. The molecule has 5 nitrogen and oxygen atoms in total. The maximum absolute atomic E-state index is 12.2. The van der Waals surface area contributed by atoms with E-state index in [0.29, 0.717) is 16.6 Å². The monoisotopic (exact) mass is 352 g/mol. The Kier molecular flexibility index (Phi) is 4.78. The van der Waals surface area contributed by atoms with E-state index < -0.39 is 0 Å². The molecule has 0 aliphatic carbocycles. The van der Waals surface area contributed by atoms with Crippen molar-refractivity contribution in [1.29, 1.82) is 0 Å². The molecule has 1 atom stereocenters. The summed E-state index contributed by atoms with van der Waals surface area (Å²) in [7, 11) is 0. The molecule has 23 heavy (non-hydrogen) atoms. The summed E-state index contributed by atoms with van der Waals surface area (Å²) in [6.07, 6.45) is 4.40. The number of halogens is 2. The smallest absolute Gasteiger partial charge is 0.240 e. The van der Waals surface area contributed by atoms with Crippen LogP contribution in [-0.4, -0.2) is 34.6 Å². The van der Waals surface area contributed by atoms with Gasteiger partial charge in [-0.2, -0.15) is 0 Å². The number of imidazole rings is 1. The van der Waals surface area contributed by atoms with Gasteiger partial charge in [-0.3, -0.25) is 4.79 Å². The Balaban J connectivity index is 1.57. The van der Waals surface area contributed by atoms with Gasteiger partial charge in [-0.1, -0.05) is 23.2 Å². The van der Waals surface area contributed by atoms with Gasteiger partial charge in [0.1, 0.15) is 12.4 Å². The van der Waals surface area contributed by atoms with Crippen LogP contribution >= 0.6 is 23.2 Å². The van der Waals surface area contributed by atoms with Crippen LogP contribution in [0.2, 0.25) is 10.0 Å². The topological polar surface area (TPSA) is 50.2 Å². The van der Waals surface area contributed by atoms with E-state index in [1.807, 2.05) is 29.8 Å². The van der Waals surface area contributed by atoms with Gasteiger partial charge in [0, 0.05) is 36.5 Å². The van der Waals surface area contributed by atoms with Gasteiger partial charge in [-0.25, -0.2) is 4.98 Å². The number of rotatable bonds is 4. The molecule has 1 N–H and O–H groups in total. The number of nitrogens with one attached hydrogen (secondary N) is 1. The van der Waals surface area contributed by atoms with E-state index in [1.165, 1.54) is 0 Å². The van der Waals surface area contributed by atoms with E-state index in [2.05, 4.69) is 15.2 Å². The number of amides is 1. The fourth-order valence-corrected chi connectivity index (χ4v) is 3.36. The summed E-state index contributed by atoms with van der Waals surface area (Å²) in [6.45, 7) is 3.78. The fraction of sp³-hybridized carbons (Fsp3) is 0.375. The number of aromatic nitrogens is 2. The van der Waals surface area contributed by atoms with Crippen molar-refractivity contribution in [2.24, 2.45) is 0 Å². The van der Waals surface area contributed by atoms with Gasteiger partial charge in [0.05, 0.1) is 10.7 Å². The minimum atomic E-state index is 0.000142. The third kappa shape index (κ3) is 3.79. The van der Waals surface area contributed by atoms with Crippen LogP contribution in [0.15, 0.2) is 30.6 Å². The SMILES string of the molecule is Cc1nccn1CC(=O)N[C@H]1CCN(c2ccc(Cl)cc2Cl)C1. The van der Waals surface area contributed by atoms with Gasteiger partial charge in [0.25, 0.3) is 0 Å². The lowest BCUT2D eigenvalue weighted by Crippen LogP contribution is -2.39. The maximum Gasteiger partial charge on any atom is 0.240 e. The van der Waals surface area contributed by atoms with Crippen molar-refractivity contribution in [3.63, 3.8) is 0 Å². The Labute approximate surface area is 145 Å². The Morgan fingerprint density at radius 1 is 1.43 bits per heavy atom. The number of benzene rings is 1. The molecular weight excluding hydrogens is 335 g/mol. The van der Waals surface area contributed by atoms with Crippen molar-refractivity contribution >= 4 is 34.8 Å². The second-order valence-corrected chi connectivity index (χ2v) is 6.54. The standard InChI is InChI=1S/C16H18Cl2N4O/c1-11-19-5-7-21(11)10-16(23)20-13-4-6-22(9-13)15-3-2-12(17)8-14(15)18/h2-3,5,7-8,13H,4,6,9-10H2,1H3,(H,20,23)/t13-/m0/s1. The fourth-order valence-electron chi connectivity index (χ4n) is 2.83. The number of aryl methyl sites for hydroxylation is 1. The first kappa shape index (κ1) is 16.1. The molecule has 2 aromatic rings. The molecule has 0 radical (unpaired) electrons. The first-order valence-electron chi connectivity index (χ1n) is 7.50. The van der Waals surface area contributed by atoms with Crippen LogP contribution < -0.4 is 10.2 Å². The largest absolute Gasteiger partial charge is 0.368 e. The summed E-state index contributed by atoms with van der Waals surface area (Å²) < 4.78 is 1.83. The van der Waals surface area contributed by atoms with Crippen LogP contribution in [0.25, 0.3) is 0 Å². The second kappa shape index (κ2) is 6.81. The van der Waals surface area contributed by atoms with E-state index in [0.717, 1.165) is 31.0 Å². The van der Waals surface area contributed by atoms with Gasteiger partial charge in [0.2, 0.25) is 5.91 Å². The molecule has 1 aromatic carbocycles. The van der Waals surface area contributed by atoms with Crippen LogP contribution in [0.3, 0.4) is 0 Å². The van der Waals surface area contributed by atoms with Crippen LogP contribution in [0.4, 0.5) is 5.69 Å². The number of carbonyl (C=O) groups is 1. The van der Waals surface area contributed by atoms with E-state index >= 15 is 0 Å². The van der Waals surface area contributed by atoms with Crippen molar-refractivity contribution in [3.05, 3.63) is 46.5 Å². The van der Waals surface area contributed by atoms with Gasteiger partial charge in [-0.05, 0) is 31.5 Å². The van der Waals surface area contributed by atoms with Gasteiger partial charge < -0.3 is 14.8 Å². The molecule has 1 saturated heterocycles. The lowest BCUT2D eigenvalue weighted by atomic mass is 10.2. The van der Waals surface area contributed by atoms with Crippen molar-refractivity contribution in [2.75, 3.05) is 18.0 Å². The maximum atomic E-state index is 12.2. The van der Waals surface area contributed by atoms with E-state index in [1.54, 1.807) is 12.3 Å². The highest BCUT2D eigenvalue weighted by atomic mass is 35.5. The van der Waals surface area contributed by atoms with Crippen LogP contribution in [0.5, 0.6) is 0 Å². The normalized spacial score (nSPS) is 17.5. The van der Waals surface area contributed by atoms with Gasteiger partial charge in [0.15, 0.2) is 0 Å². The number of hydrogen-bond acceptors (Lipinski definition) is 3. The van der Waals surface area contributed by atoms with Crippen molar-refractivity contribution < 1.29 is 4.79 Å². The Morgan fingerprint density at radius 3 is 2.96 bits per heavy atom. The van der Waals surface area contributed by atoms with Crippen molar-refractivity contribution in [3.8, 4) is 0 Å². The molecule has 0 saturated carbocycles. The van der Waals surface area contributed by atoms with Gasteiger partial charge >= 0.3 is 0 Å². The third-order valence-corrected chi connectivity index (χ3v) is 4.58. The predicted octanol–water partition coefficient (Wildman–Crippen LogP) is 2.89. The second-order valence-electron chi connectivity index (χ2n) is 5.70. The molecule has 0 unspecified atom stereocenters. The first-order valence-corrected chi connectivity index (χ1v) is 8.25. The van der Waals surface area contributed by atoms with E-state index in [-0.39, 0.29) is 11.9 Å². The zero-order valence-electron chi connectivity index (χ0n) is 12.8. The lowest BCUT2D eigenvalue weighted by Gasteiger charge is -2.20. The Hall–Kier alpha value is -1.72. The molecule has 2 heterocycles. The number of carbonyl (C=O) groups excluding carboxylic acids is 1. The van der Waals surface area contributed by atoms with E-state index in [4.69, 9.17) is 23.2 Å². The highest BCUT2D eigenvalue weighted by molar-refractivity contribution is 6.36. The number of nitrogens with zero attached hydrogens (tertiary/aromatic N) is 3. The van der Waals surface area contributed by atoms with Crippen LogP contribution in [-0.2, 0) is 11.3 Å². The highest BCUT2D eigenvalue weighted by Crippen LogP contribution is 2.31. The third-order valence-electron chi connectivity index (χ3n) is 4.04. The Morgan fingerprint density at radius 2 is 2.26 bits per heavy atom. The Bertz CT molecular complexity index is 716. The molecule has 0 spiro atoms. The molecular formula is C16H18Cl2N4O. The summed E-state index contributed by atoms with van der Waals surface area (Å²) in [5, 5.41) is 4.34. The number of hydrogen-bond donors (Lipinski definition) is 1. The zero-order chi connectivity index (χ0) is 16.4. The first-order chi connectivity index (χ1) is 11.0. The van der Waals surface area contributed by atoms with Crippen LogP contribution in [0, 0.1) is 6.92 Å². The molecule has 1 aromatic heterocycles. The molecule has 1 aliphatic heterocycles. The molecule has 122 valence electrons. The molecule has 0 bridgehead atoms. The summed E-state index contributed by atoms with van der Waals surface area (Å²) in [6, 6.07) is 5.62.